The van der Waals surface area contributed by atoms with Crippen LogP contribution in [-0.4, -0.2) is 63.4 Å². The molecule has 1 aromatic rings. The minimum Gasteiger partial charge on any atom is -0.393 e. The van der Waals surface area contributed by atoms with Gasteiger partial charge in [0.2, 0.25) is 5.91 Å². The van der Waals surface area contributed by atoms with Gasteiger partial charge < -0.3 is 14.9 Å². The van der Waals surface area contributed by atoms with Gasteiger partial charge in [-0.05, 0) is 116 Å². The van der Waals surface area contributed by atoms with Gasteiger partial charge in [0, 0.05) is 38.8 Å². The summed E-state index contributed by atoms with van der Waals surface area (Å²) in [7, 11) is 0. The van der Waals surface area contributed by atoms with Crippen molar-refractivity contribution in [2.45, 2.75) is 91.1 Å². The van der Waals surface area contributed by atoms with Crippen molar-refractivity contribution in [3.05, 3.63) is 28.8 Å². The number of nitrogens with zero attached hydrogens (tertiary/aromatic N) is 3. The van der Waals surface area contributed by atoms with Crippen molar-refractivity contribution in [2.24, 2.45) is 40.4 Å². The lowest BCUT2D eigenvalue weighted by atomic mass is 9.47. The number of aliphatic hydroxyl groups is 1. The van der Waals surface area contributed by atoms with Gasteiger partial charge in [-0.3, -0.25) is 9.59 Å². The molecule has 8 atom stereocenters. The zero-order valence-electron chi connectivity index (χ0n) is 24.1. The summed E-state index contributed by atoms with van der Waals surface area (Å²) in [5.74, 6) is 3.92. The number of carbonyl (C=O) groups is 2. The lowest BCUT2D eigenvalue weighted by molar-refractivity contribution is -0.133. The maximum Gasteiger partial charge on any atom is 0.265 e. The van der Waals surface area contributed by atoms with E-state index in [-0.39, 0.29) is 17.9 Å². The van der Waals surface area contributed by atoms with Crippen LogP contribution in [0.2, 0.25) is 0 Å². The molecular formula is C32H47N3O3S. The van der Waals surface area contributed by atoms with Gasteiger partial charge >= 0.3 is 0 Å². The van der Waals surface area contributed by atoms with E-state index in [1.807, 2.05) is 9.80 Å². The average molecular weight is 554 g/mol. The Labute approximate surface area is 238 Å². The van der Waals surface area contributed by atoms with Crippen LogP contribution in [0.25, 0.3) is 0 Å². The fraction of sp³-hybridized carbons (Fsp3) is 0.781. The Kier molecular flexibility index (Phi) is 7.45. The highest BCUT2D eigenvalue weighted by Gasteiger charge is 2.59. The summed E-state index contributed by atoms with van der Waals surface area (Å²) in [5.41, 5.74) is 2.25. The number of allylic oxidation sites excluding steroid dienone is 1. The second-order valence-corrected chi connectivity index (χ2v) is 14.8. The number of amides is 2. The van der Waals surface area contributed by atoms with Gasteiger partial charge in [-0.25, -0.2) is 4.37 Å². The molecule has 4 aliphatic carbocycles. The monoisotopic (exact) mass is 553 g/mol. The number of hydrogen-bond acceptors (Lipinski definition) is 5. The molecule has 6 rings (SSSR count). The molecule has 1 saturated heterocycles. The molecule has 39 heavy (non-hydrogen) atoms. The predicted molar refractivity (Wildman–Crippen MR) is 154 cm³/mol. The van der Waals surface area contributed by atoms with Crippen LogP contribution in [0, 0.1) is 40.4 Å². The van der Waals surface area contributed by atoms with E-state index < -0.39 is 0 Å². The number of aromatic nitrogens is 1. The molecular weight excluding hydrogens is 506 g/mol. The van der Waals surface area contributed by atoms with E-state index in [9.17, 15) is 14.7 Å². The first-order valence-corrected chi connectivity index (χ1v) is 16.3. The topological polar surface area (TPSA) is 73.7 Å². The fourth-order valence-corrected chi connectivity index (χ4v) is 10.5. The number of fused-ring (bicyclic) bond motifs is 5. The normalized spacial score (nSPS) is 38.9. The van der Waals surface area contributed by atoms with Gasteiger partial charge in [0.25, 0.3) is 5.91 Å². The maximum atomic E-state index is 13.2. The minimum absolute atomic E-state index is 0.0386. The van der Waals surface area contributed by atoms with E-state index in [0.717, 1.165) is 43.4 Å². The third kappa shape index (κ3) is 4.79. The Morgan fingerprint density at radius 1 is 1.08 bits per heavy atom. The fourth-order valence-electron chi connectivity index (χ4n) is 9.97. The summed E-state index contributed by atoms with van der Waals surface area (Å²) in [6.07, 6.45) is 15.2. The third-order valence-corrected chi connectivity index (χ3v) is 13.0. The van der Waals surface area contributed by atoms with E-state index in [4.69, 9.17) is 0 Å². The summed E-state index contributed by atoms with van der Waals surface area (Å²) < 4.78 is 4.04. The Bertz CT molecular complexity index is 1100. The first-order valence-electron chi connectivity index (χ1n) is 15.6. The molecule has 2 heterocycles. The molecule has 214 valence electrons. The lowest BCUT2D eigenvalue weighted by Crippen LogP contribution is -2.51. The second-order valence-electron chi connectivity index (χ2n) is 13.9. The first-order chi connectivity index (χ1) is 18.7. The van der Waals surface area contributed by atoms with E-state index >= 15 is 0 Å². The Morgan fingerprint density at radius 3 is 2.59 bits per heavy atom. The molecule has 0 radical (unpaired) electrons. The van der Waals surface area contributed by atoms with Crippen molar-refractivity contribution in [1.82, 2.24) is 14.2 Å². The van der Waals surface area contributed by atoms with Crippen molar-refractivity contribution >= 4 is 23.3 Å². The molecule has 0 aromatic carbocycles. The Morgan fingerprint density at radius 2 is 1.85 bits per heavy atom. The smallest absolute Gasteiger partial charge is 0.265 e. The highest BCUT2D eigenvalue weighted by molar-refractivity contribution is 7.08. The molecule has 1 unspecified atom stereocenters. The van der Waals surface area contributed by atoms with Crippen molar-refractivity contribution in [3.63, 3.8) is 0 Å². The van der Waals surface area contributed by atoms with Crippen LogP contribution in [0.5, 0.6) is 0 Å². The maximum absolute atomic E-state index is 13.2. The molecule has 6 nitrogen and oxygen atoms in total. The molecule has 0 bridgehead atoms. The second kappa shape index (κ2) is 10.6. The lowest BCUT2D eigenvalue weighted by Gasteiger charge is -2.58. The van der Waals surface area contributed by atoms with Crippen LogP contribution in [0.15, 0.2) is 23.9 Å². The molecule has 1 aromatic heterocycles. The number of rotatable bonds is 5. The average Bonchev–Trinajstić information content (AvgIpc) is 3.60. The molecule has 0 spiro atoms. The number of hydrogen-bond donors (Lipinski definition) is 1. The van der Waals surface area contributed by atoms with Crippen molar-refractivity contribution in [1.29, 1.82) is 0 Å². The van der Waals surface area contributed by atoms with E-state index in [0.29, 0.717) is 60.1 Å². The molecule has 7 heteroatoms. The third-order valence-electron chi connectivity index (χ3n) is 12.2. The zero-order chi connectivity index (χ0) is 27.4. The van der Waals surface area contributed by atoms with Gasteiger partial charge in [0.15, 0.2) is 0 Å². The molecule has 3 saturated carbocycles. The Hall–Kier alpha value is -1.73. The van der Waals surface area contributed by atoms with Crippen LogP contribution >= 0.6 is 11.5 Å². The molecule has 2 amide bonds. The summed E-state index contributed by atoms with van der Waals surface area (Å²) in [6, 6.07) is 1.77. The van der Waals surface area contributed by atoms with E-state index in [1.54, 1.807) is 17.8 Å². The van der Waals surface area contributed by atoms with Gasteiger partial charge in [0.05, 0.1) is 6.10 Å². The van der Waals surface area contributed by atoms with Gasteiger partial charge in [0.1, 0.15) is 4.88 Å². The molecule has 1 N–H and O–H groups in total. The summed E-state index contributed by atoms with van der Waals surface area (Å²) in [6.45, 7) is 10.0. The largest absolute Gasteiger partial charge is 0.393 e. The van der Waals surface area contributed by atoms with Gasteiger partial charge in [-0.1, -0.05) is 32.4 Å². The van der Waals surface area contributed by atoms with Crippen LogP contribution in [0.3, 0.4) is 0 Å². The molecule has 1 aliphatic heterocycles. The van der Waals surface area contributed by atoms with Crippen molar-refractivity contribution in [2.75, 3.05) is 26.2 Å². The predicted octanol–water partition coefficient (Wildman–Crippen LogP) is 5.78. The summed E-state index contributed by atoms with van der Waals surface area (Å²) in [5, 5.41) is 10.3. The zero-order valence-corrected chi connectivity index (χ0v) is 24.9. The number of aliphatic hydroxyl groups excluding tert-OH is 1. The quantitative estimate of drug-likeness (QED) is 0.469. The molecule has 5 aliphatic rings. The van der Waals surface area contributed by atoms with Crippen LogP contribution < -0.4 is 0 Å². The summed E-state index contributed by atoms with van der Waals surface area (Å²) in [4.78, 5) is 30.3. The highest BCUT2D eigenvalue weighted by Crippen LogP contribution is 2.67. The van der Waals surface area contributed by atoms with Gasteiger partial charge in [-0.2, -0.15) is 0 Å². The summed E-state index contributed by atoms with van der Waals surface area (Å²) >= 11 is 1.24. The van der Waals surface area contributed by atoms with Crippen LogP contribution in [0.1, 0.15) is 94.7 Å². The van der Waals surface area contributed by atoms with E-state index in [1.165, 1.54) is 43.6 Å². The van der Waals surface area contributed by atoms with Crippen LogP contribution in [-0.2, 0) is 4.79 Å². The minimum atomic E-state index is -0.135. The van der Waals surface area contributed by atoms with Crippen LogP contribution in [0.4, 0.5) is 0 Å². The number of carbonyl (C=O) groups excluding carboxylic acids is 2. The van der Waals surface area contributed by atoms with Crippen molar-refractivity contribution in [3.8, 4) is 0 Å². The standard InChI is InChI=1S/C32H47N3O3S/c1-21(4-9-29(37)34-16-18-35(19-17-34)30(38)28-12-15-33-39-28)25-7-8-26-24-6-5-22-20-23(36)10-13-31(22,2)27(24)11-14-32(25,26)3/h5,12,15,21,23-27,36H,4,6-11,13-14,16-20H2,1-3H3/t21?,23-,24-,25+,26-,27-,31-,32+/m0/s1. The highest BCUT2D eigenvalue weighted by atomic mass is 32.1. The van der Waals surface area contributed by atoms with Gasteiger partial charge in [-0.15, -0.1) is 0 Å². The molecule has 4 fully saturated rings. The Balaban J connectivity index is 1.03. The SMILES string of the molecule is CC(CCC(=O)N1CCN(C(=O)c2ccns2)CC1)[C@H]1CC[C@H]2[C@@H]3CC=C4C[C@@H](O)CC[C@]4(C)[C@H]3CC[C@]12C. The first kappa shape index (κ1) is 27.4. The van der Waals surface area contributed by atoms with Crippen molar-refractivity contribution < 1.29 is 14.7 Å². The van der Waals surface area contributed by atoms with E-state index in [2.05, 4.69) is 31.2 Å². The number of piperazine rings is 1.